The van der Waals surface area contributed by atoms with Gasteiger partial charge in [0.05, 0.1) is 16.3 Å². The third-order valence-corrected chi connectivity index (χ3v) is 6.93. The first-order chi connectivity index (χ1) is 16.2. The largest absolute Gasteiger partial charge is 0.322 e. The first-order valence-corrected chi connectivity index (χ1v) is 12.0. The smallest absolute Gasteiger partial charge is 0.296 e. The number of aromatic nitrogens is 2. The summed E-state index contributed by atoms with van der Waals surface area (Å²) in [5.74, 6) is -0.428. The minimum atomic E-state index is -4.15. The van der Waals surface area contributed by atoms with Crippen molar-refractivity contribution in [2.45, 2.75) is 18.7 Å². The van der Waals surface area contributed by atoms with Gasteiger partial charge in [-0.05, 0) is 55.8 Å². The minimum Gasteiger partial charge on any atom is -0.322 e. The van der Waals surface area contributed by atoms with Crippen molar-refractivity contribution in [3.63, 3.8) is 0 Å². The molecular weight excluding hydrogens is 452 g/mol. The molecule has 0 atom stereocenters. The molecule has 0 aliphatic heterocycles. The van der Waals surface area contributed by atoms with E-state index < -0.39 is 21.5 Å². The van der Waals surface area contributed by atoms with Crippen LogP contribution in [0.1, 0.15) is 21.6 Å². The summed E-state index contributed by atoms with van der Waals surface area (Å²) in [5.41, 5.74) is 1.95. The molecule has 0 radical (unpaired) electrons. The molecule has 34 heavy (non-hydrogen) atoms. The van der Waals surface area contributed by atoms with Crippen molar-refractivity contribution in [1.82, 2.24) is 9.36 Å². The second kappa shape index (κ2) is 9.03. The maximum atomic E-state index is 13.2. The van der Waals surface area contributed by atoms with Crippen LogP contribution in [0, 0.1) is 13.8 Å². The number of nitrogens with zero attached hydrogens (tertiary/aromatic N) is 2. The Hall–Kier alpha value is -4.11. The van der Waals surface area contributed by atoms with Gasteiger partial charge < -0.3 is 5.32 Å². The Kier molecular flexibility index (Phi) is 6.12. The highest BCUT2D eigenvalue weighted by atomic mass is 32.2. The van der Waals surface area contributed by atoms with Gasteiger partial charge in [0, 0.05) is 18.3 Å². The quantitative estimate of drug-likeness (QED) is 0.441. The normalized spacial score (nSPS) is 11.3. The molecule has 1 aromatic heterocycles. The number of sulfonamides is 1. The molecule has 0 spiro atoms. The summed E-state index contributed by atoms with van der Waals surface area (Å²) in [5, 5.41) is 2.76. The van der Waals surface area contributed by atoms with E-state index in [4.69, 9.17) is 0 Å². The Labute approximate surface area is 197 Å². The standard InChI is InChI=1S/C25H24N4O4S/c1-17-14-15-21(16-22(17)24(30)26-19-10-6-4-7-11-19)34(32,33)27-23-18(2)28(3)29(25(23)31)20-12-8-5-9-13-20/h4-16,27H,1-3H3,(H,26,30). The lowest BCUT2D eigenvalue weighted by Gasteiger charge is -2.11. The zero-order chi connectivity index (χ0) is 24.5. The number of carbonyl (C=O) groups is 1. The lowest BCUT2D eigenvalue weighted by Crippen LogP contribution is -2.23. The van der Waals surface area contributed by atoms with E-state index in [1.165, 1.54) is 16.8 Å². The number of hydrogen-bond donors (Lipinski definition) is 2. The average Bonchev–Trinajstić information content (AvgIpc) is 3.03. The highest BCUT2D eigenvalue weighted by Gasteiger charge is 2.24. The van der Waals surface area contributed by atoms with Crippen LogP contribution in [0.4, 0.5) is 11.4 Å². The van der Waals surface area contributed by atoms with Crippen LogP contribution in [0.25, 0.3) is 5.69 Å². The predicted molar refractivity (Wildman–Crippen MR) is 132 cm³/mol. The maximum Gasteiger partial charge on any atom is 0.296 e. The zero-order valence-corrected chi connectivity index (χ0v) is 19.8. The molecule has 0 aliphatic rings. The molecule has 4 rings (SSSR count). The monoisotopic (exact) mass is 476 g/mol. The first kappa shape index (κ1) is 23.1. The Bertz CT molecular complexity index is 1520. The van der Waals surface area contributed by atoms with Gasteiger partial charge in [-0.1, -0.05) is 42.5 Å². The molecule has 174 valence electrons. The molecule has 9 heteroatoms. The van der Waals surface area contributed by atoms with Crippen molar-refractivity contribution in [3.8, 4) is 5.69 Å². The van der Waals surface area contributed by atoms with Crippen LogP contribution in [0.3, 0.4) is 0 Å². The van der Waals surface area contributed by atoms with E-state index in [1.807, 2.05) is 12.1 Å². The maximum absolute atomic E-state index is 13.2. The fraction of sp³-hybridized carbons (Fsp3) is 0.120. The second-order valence-electron chi connectivity index (χ2n) is 7.84. The number of amides is 1. The van der Waals surface area contributed by atoms with Gasteiger partial charge in [-0.25, -0.2) is 13.1 Å². The van der Waals surface area contributed by atoms with Crippen molar-refractivity contribution < 1.29 is 13.2 Å². The number of hydrogen-bond acceptors (Lipinski definition) is 4. The molecule has 0 saturated heterocycles. The molecule has 8 nitrogen and oxygen atoms in total. The van der Waals surface area contributed by atoms with E-state index in [0.717, 1.165) is 0 Å². The van der Waals surface area contributed by atoms with Crippen LogP contribution in [0.5, 0.6) is 0 Å². The van der Waals surface area contributed by atoms with Gasteiger partial charge >= 0.3 is 0 Å². The Morgan fingerprint density at radius 2 is 1.50 bits per heavy atom. The molecule has 4 aromatic rings. The minimum absolute atomic E-state index is 0.0535. The Morgan fingerprint density at radius 1 is 0.882 bits per heavy atom. The summed E-state index contributed by atoms with van der Waals surface area (Å²) in [6.45, 7) is 3.39. The Balaban J connectivity index is 1.68. The van der Waals surface area contributed by atoms with Gasteiger partial charge in [-0.2, -0.15) is 0 Å². The zero-order valence-electron chi connectivity index (χ0n) is 18.9. The van der Waals surface area contributed by atoms with E-state index in [1.54, 1.807) is 80.2 Å². The predicted octanol–water partition coefficient (Wildman–Crippen LogP) is 3.85. The summed E-state index contributed by atoms with van der Waals surface area (Å²) in [4.78, 5) is 25.8. The molecule has 0 saturated carbocycles. The number of rotatable bonds is 6. The van der Waals surface area contributed by atoms with E-state index in [-0.39, 0.29) is 16.1 Å². The molecule has 2 N–H and O–H groups in total. The first-order valence-electron chi connectivity index (χ1n) is 10.5. The van der Waals surface area contributed by atoms with Crippen molar-refractivity contribution >= 4 is 27.3 Å². The number of benzene rings is 3. The van der Waals surface area contributed by atoms with E-state index in [0.29, 0.717) is 22.6 Å². The van der Waals surface area contributed by atoms with Crippen LogP contribution >= 0.6 is 0 Å². The van der Waals surface area contributed by atoms with Gasteiger partial charge in [0.2, 0.25) is 0 Å². The molecule has 1 amide bonds. The number of nitrogens with one attached hydrogen (secondary N) is 2. The molecule has 3 aromatic carbocycles. The molecular formula is C25H24N4O4S. The van der Waals surface area contributed by atoms with E-state index in [9.17, 15) is 18.0 Å². The lowest BCUT2D eigenvalue weighted by molar-refractivity contribution is 0.102. The van der Waals surface area contributed by atoms with Crippen molar-refractivity contribution in [3.05, 3.63) is 106 Å². The number of carbonyl (C=O) groups excluding carboxylic acids is 1. The van der Waals surface area contributed by atoms with Crippen LogP contribution in [-0.2, 0) is 17.1 Å². The van der Waals surface area contributed by atoms with Gasteiger partial charge in [0.1, 0.15) is 5.69 Å². The molecule has 0 fully saturated rings. The van der Waals surface area contributed by atoms with Crippen molar-refractivity contribution in [2.75, 3.05) is 10.0 Å². The average molecular weight is 477 g/mol. The van der Waals surface area contributed by atoms with Crippen LogP contribution < -0.4 is 15.6 Å². The summed E-state index contributed by atoms with van der Waals surface area (Å²) in [6.07, 6.45) is 0. The summed E-state index contributed by atoms with van der Waals surface area (Å²) >= 11 is 0. The molecule has 0 unspecified atom stereocenters. The summed E-state index contributed by atoms with van der Waals surface area (Å²) < 4.78 is 31.8. The number of aryl methyl sites for hydroxylation is 1. The van der Waals surface area contributed by atoms with Crippen molar-refractivity contribution in [1.29, 1.82) is 0 Å². The molecule has 0 bridgehead atoms. The number of anilines is 2. The molecule has 0 aliphatic carbocycles. The third kappa shape index (κ3) is 4.38. The topological polar surface area (TPSA) is 102 Å². The third-order valence-electron chi connectivity index (χ3n) is 5.59. The fourth-order valence-electron chi connectivity index (χ4n) is 3.61. The lowest BCUT2D eigenvalue weighted by atomic mass is 10.1. The second-order valence-corrected chi connectivity index (χ2v) is 9.52. The van der Waals surface area contributed by atoms with Gasteiger partial charge in [0.25, 0.3) is 21.5 Å². The highest BCUT2D eigenvalue weighted by Crippen LogP contribution is 2.22. The molecule has 1 heterocycles. The van der Waals surface area contributed by atoms with Gasteiger partial charge in [-0.3, -0.25) is 19.0 Å². The van der Waals surface area contributed by atoms with Crippen LogP contribution in [-0.4, -0.2) is 23.7 Å². The SMILES string of the molecule is Cc1ccc(S(=O)(=O)Nc2c(C)n(C)n(-c3ccccc3)c2=O)cc1C(=O)Nc1ccccc1. The fourth-order valence-corrected chi connectivity index (χ4v) is 4.75. The van der Waals surface area contributed by atoms with Crippen LogP contribution in [0.15, 0.2) is 88.6 Å². The highest BCUT2D eigenvalue weighted by molar-refractivity contribution is 7.92. The Morgan fingerprint density at radius 3 is 2.15 bits per heavy atom. The summed E-state index contributed by atoms with van der Waals surface area (Å²) in [6, 6.07) is 22.1. The number of para-hydroxylation sites is 2. The van der Waals surface area contributed by atoms with Gasteiger partial charge in [-0.15, -0.1) is 0 Å². The van der Waals surface area contributed by atoms with Crippen molar-refractivity contribution in [2.24, 2.45) is 7.05 Å². The van der Waals surface area contributed by atoms with Crippen LogP contribution in [0.2, 0.25) is 0 Å². The summed E-state index contributed by atoms with van der Waals surface area (Å²) in [7, 11) is -2.47. The van der Waals surface area contributed by atoms with E-state index >= 15 is 0 Å². The van der Waals surface area contributed by atoms with E-state index in [2.05, 4.69) is 10.0 Å². The van der Waals surface area contributed by atoms with Gasteiger partial charge in [0.15, 0.2) is 0 Å².